The highest BCUT2D eigenvalue weighted by Crippen LogP contribution is 2.37. The van der Waals surface area contributed by atoms with Crippen molar-refractivity contribution in [1.82, 2.24) is 0 Å². The van der Waals surface area contributed by atoms with Crippen LogP contribution in [0.3, 0.4) is 0 Å². The van der Waals surface area contributed by atoms with Crippen molar-refractivity contribution in [2.24, 2.45) is 5.92 Å². The fourth-order valence-electron chi connectivity index (χ4n) is 3.48. The van der Waals surface area contributed by atoms with Gasteiger partial charge in [-0.3, -0.25) is 0 Å². The molecule has 2 nitrogen and oxygen atoms in total. The van der Waals surface area contributed by atoms with Crippen molar-refractivity contribution in [2.75, 3.05) is 0 Å². The molecule has 8 heteroatoms. The Morgan fingerprint density at radius 3 is 2.09 bits per heavy atom. The molecule has 1 unspecified atom stereocenters. The van der Waals surface area contributed by atoms with Gasteiger partial charge in [0.2, 0.25) is 0 Å². The Kier molecular flexibility index (Phi) is 7.91. The number of halogens is 6. The minimum atomic E-state index is -4.85. The molecule has 0 radical (unpaired) electrons. The summed E-state index contributed by atoms with van der Waals surface area (Å²) in [7, 11) is 0. The molecule has 34 heavy (non-hydrogen) atoms. The van der Waals surface area contributed by atoms with E-state index in [4.69, 9.17) is 4.74 Å². The van der Waals surface area contributed by atoms with E-state index in [2.05, 4.69) is 4.74 Å². The number of benzene rings is 3. The molecule has 0 fully saturated rings. The quantitative estimate of drug-likeness (QED) is 0.301. The fraction of sp³-hybridized carbons (Fsp3) is 0.231. The second-order valence-corrected chi connectivity index (χ2v) is 7.95. The molecular weight excluding hydrogens is 458 g/mol. The van der Waals surface area contributed by atoms with E-state index in [1.165, 1.54) is 24.3 Å². The highest BCUT2D eigenvalue weighted by atomic mass is 19.4. The van der Waals surface area contributed by atoms with Crippen molar-refractivity contribution >= 4 is 0 Å². The Bertz CT molecular complexity index is 1120. The van der Waals surface area contributed by atoms with Gasteiger partial charge in [0.15, 0.2) is 11.6 Å². The van der Waals surface area contributed by atoms with Crippen molar-refractivity contribution in [3.63, 3.8) is 0 Å². The van der Waals surface area contributed by atoms with E-state index in [0.717, 1.165) is 18.2 Å². The van der Waals surface area contributed by atoms with Gasteiger partial charge < -0.3 is 9.47 Å². The zero-order chi connectivity index (χ0) is 24.9. The first-order valence-electron chi connectivity index (χ1n) is 10.4. The molecule has 3 rings (SSSR count). The van der Waals surface area contributed by atoms with Crippen LogP contribution in [0.25, 0.3) is 0 Å². The van der Waals surface area contributed by atoms with Gasteiger partial charge in [-0.1, -0.05) is 50.2 Å². The maximum atomic E-state index is 15.2. The predicted octanol–water partition coefficient (Wildman–Crippen LogP) is 8.65. The van der Waals surface area contributed by atoms with Gasteiger partial charge in [-0.2, -0.15) is 0 Å². The van der Waals surface area contributed by atoms with E-state index >= 15 is 4.39 Å². The summed E-state index contributed by atoms with van der Waals surface area (Å²) in [5, 5.41) is 0. The van der Waals surface area contributed by atoms with Crippen molar-refractivity contribution in [2.45, 2.75) is 32.5 Å². The third-order valence-electron chi connectivity index (χ3n) is 5.00. The average molecular weight is 480 g/mol. The van der Waals surface area contributed by atoms with Gasteiger partial charge in [0.25, 0.3) is 0 Å². The minimum absolute atomic E-state index is 0.127. The Balaban J connectivity index is 1.82. The van der Waals surface area contributed by atoms with Gasteiger partial charge >= 0.3 is 6.36 Å². The maximum Gasteiger partial charge on any atom is 0.573 e. The molecule has 0 aliphatic rings. The van der Waals surface area contributed by atoms with Crippen LogP contribution in [-0.4, -0.2) is 6.36 Å². The SMILES string of the molecule is CC(C)C(/C(F)=C(\F)Cc1ccc(F)c(Oc2ccccc2)c1)c1ccc(OC(F)(F)F)cc1. The summed E-state index contributed by atoms with van der Waals surface area (Å²) in [6.07, 6.45) is -5.30. The van der Waals surface area contributed by atoms with Crippen LogP contribution in [0.4, 0.5) is 26.3 Å². The summed E-state index contributed by atoms with van der Waals surface area (Å²) < 4.78 is 90.7. The highest BCUT2D eigenvalue weighted by Gasteiger charge is 2.31. The summed E-state index contributed by atoms with van der Waals surface area (Å²) in [6, 6.07) is 16.8. The lowest BCUT2D eigenvalue weighted by atomic mass is 9.86. The Morgan fingerprint density at radius 1 is 0.853 bits per heavy atom. The molecule has 0 saturated carbocycles. The largest absolute Gasteiger partial charge is 0.573 e. The van der Waals surface area contributed by atoms with E-state index in [9.17, 15) is 22.0 Å². The van der Waals surface area contributed by atoms with Gasteiger partial charge in [0, 0.05) is 12.3 Å². The molecule has 3 aromatic carbocycles. The fourth-order valence-corrected chi connectivity index (χ4v) is 3.48. The Morgan fingerprint density at radius 2 is 1.50 bits per heavy atom. The number of allylic oxidation sites excluding steroid dienone is 2. The van der Waals surface area contributed by atoms with E-state index in [1.54, 1.807) is 44.2 Å². The number of rotatable bonds is 8. The van der Waals surface area contributed by atoms with Crippen molar-refractivity contribution in [1.29, 1.82) is 0 Å². The molecule has 0 aromatic heterocycles. The highest BCUT2D eigenvalue weighted by molar-refractivity contribution is 5.38. The van der Waals surface area contributed by atoms with Crippen LogP contribution < -0.4 is 9.47 Å². The average Bonchev–Trinajstić information content (AvgIpc) is 2.77. The van der Waals surface area contributed by atoms with Crippen LogP contribution in [0.2, 0.25) is 0 Å². The lowest BCUT2D eigenvalue weighted by Gasteiger charge is -2.21. The first kappa shape index (κ1) is 25.2. The van der Waals surface area contributed by atoms with Crippen LogP contribution in [0, 0.1) is 11.7 Å². The van der Waals surface area contributed by atoms with E-state index in [-0.39, 0.29) is 11.3 Å². The molecule has 0 amide bonds. The van der Waals surface area contributed by atoms with Crippen LogP contribution in [-0.2, 0) is 6.42 Å². The van der Waals surface area contributed by atoms with Crippen LogP contribution in [0.5, 0.6) is 17.2 Å². The smallest absolute Gasteiger partial charge is 0.454 e. The summed E-state index contributed by atoms with van der Waals surface area (Å²) in [6.45, 7) is 3.34. The van der Waals surface area contributed by atoms with Gasteiger partial charge in [-0.25, -0.2) is 13.2 Å². The lowest BCUT2D eigenvalue weighted by molar-refractivity contribution is -0.274. The number of hydrogen-bond acceptors (Lipinski definition) is 2. The topological polar surface area (TPSA) is 18.5 Å². The molecule has 0 aliphatic heterocycles. The van der Waals surface area contributed by atoms with E-state index in [0.29, 0.717) is 11.3 Å². The van der Waals surface area contributed by atoms with Crippen molar-refractivity contribution in [3.05, 3.63) is 101 Å². The zero-order valence-electron chi connectivity index (χ0n) is 18.4. The van der Waals surface area contributed by atoms with E-state index in [1.807, 2.05) is 0 Å². The first-order chi connectivity index (χ1) is 16.0. The van der Waals surface area contributed by atoms with Crippen LogP contribution in [0.1, 0.15) is 30.9 Å². The van der Waals surface area contributed by atoms with Crippen LogP contribution in [0.15, 0.2) is 84.5 Å². The normalized spacial score (nSPS) is 13.4. The maximum absolute atomic E-state index is 15.2. The zero-order valence-corrected chi connectivity index (χ0v) is 18.4. The minimum Gasteiger partial charge on any atom is -0.454 e. The Labute approximate surface area is 193 Å². The molecule has 0 heterocycles. The second-order valence-electron chi connectivity index (χ2n) is 7.95. The number of ether oxygens (including phenoxy) is 2. The molecule has 0 saturated heterocycles. The van der Waals surface area contributed by atoms with E-state index < -0.39 is 47.8 Å². The molecule has 180 valence electrons. The molecule has 0 bridgehead atoms. The summed E-state index contributed by atoms with van der Waals surface area (Å²) in [5.74, 6) is -4.39. The molecule has 3 aromatic rings. The molecular formula is C26H22F6O2. The van der Waals surface area contributed by atoms with Gasteiger partial charge in [0.05, 0.1) is 0 Å². The van der Waals surface area contributed by atoms with Crippen molar-refractivity contribution < 1.29 is 35.8 Å². The molecule has 0 aliphatic carbocycles. The monoisotopic (exact) mass is 480 g/mol. The number of alkyl halides is 3. The number of para-hydroxylation sites is 1. The standard InChI is InChI=1S/C26H22F6O2/c1-16(2)24(18-9-11-20(12-10-18)34-26(30,31)32)25(29)22(28)14-17-8-13-21(27)23(15-17)33-19-6-4-3-5-7-19/h3-13,15-16,24H,14H2,1-2H3/b25-22+. The predicted molar refractivity (Wildman–Crippen MR) is 117 cm³/mol. The van der Waals surface area contributed by atoms with Gasteiger partial charge in [0.1, 0.15) is 23.2 Å². The summed E-state index contributed by atoms with van der Waals surface area (Å²) >= 11 is 0. The molecule has 1 atom stereocenters. The third-order valence-corrected chi connectivity index (χ3v) is 5.00. The van der Waals surface area contributed by atoms with Gasteiger partial charge in [-0.15, -0.1) is 13.2 Å². The third kappa shape index (κ3) is 6.79. The molecule has 0 spiro atoms. The molecule has 0 N–H and O–H groups in total. The first-order valence-corrected chi connectivity index (χ1v) is 10.4. The Hall–Kier alpha value is -3.42. The van der Waals surface area contributed by atoms with Crippen molar-refractivity contribution in [3.8, 4) is 17.2 Å². The lowest BCUT2D eigenvalue weighted by Crippen LogP contribution is -2.17. The van der Waals surface area contributed by atoms with Crippen LogP contribution >= 0.6 is 0 Å². The summed E-state index contributed by atoms with van der Waals surface area (Å²) in [5.41, 5.74) is 0.584. The number of hydrogen-bond donors (Lipinski definition) is 0. The second kappa shape index (κ2) is 10.7. The van der Waals surface area contributed by atoms with Gasteiger partial charge in [-0.05, 0) is 53.4 Å². The summed E-state index contributed by atoms with van der Waals surface area (Å²) in [4.78, 5) is 0.